The highest BCUT2D eigenvalue weighted by atomic mass is 19.4. The van der Waals surface area contributed by atoms with E-state index in [9.17, 15) is 13.2 Å². The molecule has 1 aromatic carbocycles. The van der Waals surface area contributed by atoms with E-state index in [1.165, 1.54) is 16.8 Å². The van der Waals surface area contributed by atoms with Crippen LogP contribution in [0.15, 0.2) is 30.5 Å². The van der Waals surface area contributed by atoms with Crippen molar-refractivity contribution >= 4 is 5.82 Å². The maximum Gasteiger partial charge on any atom is 0.393 e. The molecule has 3 nitrogen and oxygen atoms in total. The third-order valence-corrected chi connectivity index (χ3v) is 2.63. The van der Waals surface area contributed by atoms with Gasteiger partial charge in [-0.3, -0.25) is 4.68 Å². The maximum absolute atomic E-state index is 12.3. The Balaban J connectivity index is 2.36. The van der Waals surface area contributed by atoms with Crippen LogP contribution in [0.5, 0.6) is 0 Å². The molecule has 0 bridgehead atoms. The Hall–Kier alpha value is -1.98. The topological polar surface area (TPSA) is 43.8 Å². The van der Waals surface area contributed by atoms with Crippen LogP contribution in [0, 0.1) is 0 Å². The van der Waals surface area contributed by atoms with Crippen LogP contribution >= 0.6 is 0 Å². The average Bonchev–Trinajstić information content (AvgIpc) is 2.58. The third-order valence-electron chi connectivity index (χ3n) is 2.63. The first-order valence-electron chi connectivity index (χ1n) is 5.30. The number of benzene rings is 1. The quantitative estimate of drug-likeness (QED) is 0.896. The predicted octanol–water partition coefficient (Wildman–Crippen LogP) is 2.77. The number of hydrogen-bond acceptors (Lipinski definition) is 2. The molecule has 2 rings (SSSR count). The molecule has 0 aliphatic carbocycles. The molecule has 2 N–H and O–H groups in total. The second kappa shape index (κ2) is 4.36. The summed E-state index contributed by atoms with van der Waals surface area (Å²) in [6.07, 6.45) is -3.61. The molecule has 1 aromatic heterocycles. The van der Waals surface area contributed by atoms with E-state index in [0.717, 1.165) is 0 Å². The number of aromatic nitrogens is 2. The number of nitrogen functional groups attached to an aromatic ring is 1. The fourth-order valence-electron chi connectivity index (χ4n) is 1.75. The van der Waals surface area contributed by atoms with E-state index in [2.05, 4.69) is 5.10 Å². The lowest BCUT2D eigenvalue weighted by atomic mass is 10.0. The van der Waals surface area contributed by atoms with Crippen LogP contribution in [0.3, 0.4) is 0 Å². The minimum Gasteiger partial charge on any atom is -0.383 e. The van der Waals surface area contributed by atoms with E-state index in [-0.39, 0.29) is 5.56 Å². The highest BCUT2D eigenvalue weighted by molar-refractivity contribution is 5.73. The SMILES string of the molecule is Cn1ncc(-c2cccc(CC(F)(F)F)c2)c1N. The number of nitrogens with two attached hydrogens (primary N) is 1. The van der Waals surface area contributed by atoms with Crippen LogP contribution in [0.2, 0.25) is 0 Å². The molecule has 0 aliphatic rings. The van der Waals surface area contributed by atoms with Crippen molar-refractivity contribution in [1.29, 1.82) is 0 Å². The van der Waals surface area contributed by atoms with Crippen molar-refractivity contribution in [2.75, 3.05) is 5.73 Å². The largest absolute Gasteiger partial charge is 0.393 e. The van der Waals surface area contributed by atoms with Gasteiger partial charge in [-0.1, -0.05) is 24.3 Å². The Morgan fingerprint density at radius 2 is 2.06 bits per heavy atom. The van der Waals surface area contributed by atoms with Gasteiger partial charge >= 0.3 is 6.18 Å². The molecule has 0 saturated carbocycles. The van der Waals surface area contributed by atoms with E-state index in [0.29, 0.717) is 16.9 Å². The Bertz CT molecular complexity index is 558. The Labute approximate surface area is 102 Å². The number of nitrogens with zero attached hydrogens (tertiary/aromatic N) is 2. The molecule has 0 radical (unpaired) electrons. The predicted molar refractivity (Wildman–Crippen MR) is 62.8 cm³/mol. The average molecular weight is 255 g/mol. The van der Waals surface area contributed by atoms with Crippen molar-refractivity contribution in [1.82, 2.24) is 9.78 Å². The second-order valence-electron chi connectivity index (χ2n) is 4.06. The summed E-state index contributed by atoms with van der Waals surface area (Å²) in [6, 6.07) is 6.24. The summed E-state index contributed by atoms with van der Waals surface area (Å²) < 4.78 is 38.4. The van der Waals surface area contributed by atoms with Crippen LogP contribution < -0.4 is 5.73 Å². The van der Waals surface area contributed by atoms with Gasteiger partial charge in [0.2, 0.25) is 0 Å². The maximum atomic E-state index is 12.3. The summed E-state index contributed by atoms with van der Waals surface area (Å²) in [7, 11) is 1.68. The number of rotatable bonds is 2. The molecule has 0 saturated heterocycles. The van der Waals surface area contributed by atoms with Gasteiger partial charge in [-0.2, -0.15) is 18.3 Å². The van der Waals surface area contributed by atoms with E-state index < -0.39 is 12.6 Å². The summed E-state index contributed by atoms with van der Waals surface area (Å²) in [5, 5.41) is 3.97. The van der Waals surface area contributed by atoms with Crippen molar-refractivity contribution in [2.24, 2.45) is 7.05 Å². The van der Waals surface area contributed by atoms with Gasteiger partial charge in [0.15, 0.2) is 0 Å². The molecule has 0 fully saturated rings. The van der Waals surface area contributed by atoms with Gasteiger partial charge in [0, 0.05) is 12.6 Å². The van der Waals surface area contributed by atoms with Crippen molar-refractivity contribution in [3.8, 4) is 11.1 Å². The van der Waals surface area contributed by atoms with Crippen molar-refractivity contribution in [3.05, 3.63) is 36.0 Å². The molecule has 96 valence electrons. The molecule has 0 unspecified atom stereocenters. The molecular formula is C12H12F3N3. The molecule has 0 aliphatic heterocycles. The molecule has 0 spiro atoms. The summed E-state index contributed by atoms with van der Waals surface area (Å²) in [5.41, 5.74) is 7.28. The summed E-state index contributed by atoms with van der Waals surface area (Å²) in [4.78, 5) is 0. The zero-order chi connectivity index (χ0) is 13.3. The molecule has 18 heavy (non-hydrogen) atoms. The fourth-order valence-corrected chi connectivity index (χ4v) is 1.75. The van der Waals surface area contributed by atoms with Gasteiger partial charge in [-0.25, -0.2) is 0 Å². The van der Waals surface area contributed by atoms with Crippen molar-refractivity contribution in [3.63, 3.8) is 0 Å². The van der Waals surface area contributed by atoms with Gasteiger partial charge in [-0.15, -0.1) is 0 Å². The summed E-state index contributed by atoms with van der Waals surface area (Å²) in [5.74, 6) is 0.430. The number of alkyl halides is 3. The Morgan fingerprint density at radius 1 is 1.33 bits per heavy atom. The van der Waals surface area contributed by atoms with Crippen molar-refractivity contribution in [2.45, 2.75) is 12.6 Å². The van der Waals surface area contributed by atoms with E-state index in [4.69, 9.17) is 5.73 Å². The molecular weight excluding hydrogens is 243 g/mol. The van der Waals surface area contributed by atoms with Crippen LogP contribution in [0.4, 0.5) is 19.0 Å². The Kier molecular flexibility index (Phi) is 3.02. The third kappa shape index (κ3) is 2.64. The minimum atomic E-state index is -4.21. The van der Waals surface area contributed by atoms with Gasteiger partial charge in [0.1, 0.15) is 5.82 Å². The first-order chi connectivity index (χ1) is 8.37. The molecule has 0 atom stereocenters. The zero-order valence-corrected chi connectivity index (χ0v) is 9.70. The van der Waals surface area contributed by atoms with Gasteiger partial charge < -0.3 is 5.73 Å². The second-order valence-corrected chi connectivity index (χ2v) is 4.06. The van der Waals surface area contributed by atoms with Gasteiger partial charge in [0.05, 0.1) is 12.6 Å². The monoisotopic (exact) mass is 255 g/mol. The van der Waals surface area contributed by atoms with Gasteiger partial charge in [-0.05, 0) is 11.1 Å². The first kappa shape index (κ1) is 12.5. The summed E-state index contributed by atoms with van der Waals surface area (Å²) >= 11 is 0. The molecule has 1 heterocycles. The Morgan fingerprint density at radius 3 is 2.61 bits per heavy atom. The van der Waals surface area contributed by atoms with Crippen molar-refractivity contribution < 1.29 is 13.2 Å². The molecule has 2 aromatic rings. The first-order valence-corrected chi connectivity index (χ1v) is 5.30. The van der Waals surface area contributed by atoms with Crippen LogP contribution in [-0.4, -0.2) is 16.0 Å². The lowest BCUT2D eigenvalue weighted by molar-refractivity contribution is -0.127. The standard InChI is InChI=1S/C12H12F3N3/c1-18-11(16)10(7-17-18)9-4-2-3-8(5-9)6-12(13,14)15/h2-5,7H,6,16H2,1H3. The minimum absolute atomic E-state index is 0.211. The number of halogens is 3. The van der Waals surface area contributed by atoms with Crippen LogP contribution in [-0.2, 0) is 13.5 Å². The van der Waals surface area contributed by atoms with Crippen LogP contribution in [0.25, 0.3) is 11.1 Å². The van der Waals surface area contributed by atoms with E-state index in [1.807, 2.05) is 0 Å². The molecule has 6 heteroatoms. The smallest absolute Gasteiger partial charge is 0.383 e. The highest BCUT2D eigenvalue weighted by Crippen LogP contribution is 2.28. The van der Waals surface area contributed by atoms with Crippen LogP contribution in [0.1, 0.15) is 5.56 Å². The molecule has 0 amide bonds. The summed E-state index contributed by atoms with van der Waals surface area (Å²) in [6.45, 7) is 0. The van der Waals surface area contributed by atoms with Gasteiger partial charge in [0.25, 0.3) is 0 Å². The van der Waals surface area contributed by atoms with E-state index >= 15 is 0 Å². The van der Waals surface area contributed by atoms with E-state index in [1.54, 1.807) is 25.4 Å². The number of anilines is 1. The lowest BCUT2D eigenvalue weighted by Gasteiger charge is -2.08. The zero-order valence-electron chi connectivity index (χ0n) is 9.70. The normalized spacial score (nSPS) is 11.8. The fraction of sp³-hybridized carbons (Fsp3) is 0.250. The lowest BCUT2D eigenvalue weighted by Crippen LogP contribution is -2.11. The highest BCUT2D eigenvalue weighted by Gasteiger charge is 2.27. The number of aryl methyl sites for hydroxylation is 1. The number of hydrogen-bond donors (Lipinski definition) is 1.